The summed E-state index contributed by atoms with van der Waals surface area (Å²) in [5.74, 6) is 4.95. The summed E-state index contributed by atoms with van der Waals surface area (Å²) in [5, 5.41) is 0. The predicted molar refractivity (Wildman–Crippen MR) is 53.0 cm³/mol. The van der Waals surface area contributed by atoms with Gasteiger partial charge in [-0.05, 0) is 17.7 Å². The van der Waals surface area contributed by atoms with Crippen molar-refractivity contribution in [3.63, 3.8) is 0 Å². The molecule has 2 nitrogen and oxygen atoms in total. The number of hydrogen-bond donors (Lipinski definition) is 1. The molecular weight excluding hydrogens is 181 g/mol. The van der Waals surface area contributed by atoms with Crippen molar-refractivity contribution in [1.29, 1.82) is 0 Å². The van der Waals surface area contributed by atoms with Gasteiger partial charge in [0.05, 0.1) is 18.7 Å². The first-order valence-electron chi connectivity index (χ1n) is 4.24. The highest BCUT2D eigenvalue weighted by molar-refractivity contribution is 5.38. The maximum absolute atomic E-state index is 13.1. The van der Waals surface area contributed by atoms with Crippen molar-refractivity contribution in [3.05, 3.63) is 35.1 Å². The Morgan fingerprint density at radius 2 is 2.29 bits per heavy atom. The van der Waals surface area contributed by atoms with Gasteiger partial charge in [-0.15, -0.1) is 0 Å². The van der Waals surface area contributed by atoms with Crippen molar-refractivity contribution >= 4 is 0 Å². The standard InChI is InChI=1S/C11H12FNO/c1-14-8-9-4-5-11(12)10(7-9)3-2-6-13/h4-5,7H,6,8,13H2,1H3. The number of methoxy groups -OCH3 is 1. The zero-order valence-electron chi connectivity index (χ0n) is 8.01. The van der Waals surface area contributed by atoms with Gasteiger partial charge < -0.3 is 10.5 Å². The number of hydrogen-bond acceptors (Lipinski definition) is 2. The van der Waals surface area contributed by atoms with Crippen LogP contribution < -0.4 is 5.73 Å². The van der Waals surface area contributed by atoms with Crippen molar-refractivity contribution in [3.8, 4) is 11.8 Å². The highest BCUT2D eigenvalue weighted by Crippen LogP contribution is 2.10. The zero-order chi connectivity index (χ0) is 10.4. The van der Waals surface area contributed by atoms with Gasteiger partial charge in [-0.25, -0.2) is 4.39 Å². The molecule has 0 unspecified atom stereocenters. The molecule has 0 spiro atoms. The van der Waals surface area contributed by atoms with Crippen molar-refractivity contribution in [2.45, 2.75) is 6.61 Å². The molecule has 0 saturated heterocycles. The average molecular weight is 193 g/mol. The van der Waals surface area contributed by atoms with E-state index in [1.807, 2.05) is 0 Å². The van der Waals surface area contributed by atoms with Gasteiger partial charge in [-0.3, -0.25) is 0 Å². The molecule has 0 fully saturated rings. The largest absolute Gasteiger partial charge is 0.380 e. The number of benzene rings is 1. The van der Waals surface area contributed by atoms with Gasteiger partial charge in [0.2, 0.25) is 0 Å². The topological polar surface area (TPSA) is 35.2 Å². The fraction of sp³-hybridized carbons (Fsp3) is 0.273. The molecular formula is C11H12FNO. The van der Waals surface area contributed by atoms with Gasteiger partial charge in [0.15, 0.2) is 0 Å². The van der Waals surface area contributed by atoms with Crippen LogP contribution in [0.4, 0.5) is 4.39 Å². The van der Waals surface area contributed by atoms with Crippen LogP contribution in [0.3, 0.4) is 0 Å². The molecule has 0 saturated carbocycles. The van der Waals surface area contributed by atoms with Crippen LogP contribution in [0.2, 0.25) is 0 Å². The predicted octanol–water partition coefficient (Wildman–Crippen LogP) is 1.28. The maximum Gasteiger partial charge on any atom is 0.138 e. The average Bonchev–Trinajstić information content (AvgIpc) is 2.19. The van der Waals surface area contributed by atoms with Crippen LogP contribution in [-0.4, -0.2) is 13.7 Å². The molecule has 0 bridgehead atoms. The lowest BCUT2D eigenvalue weighted by Gasteiger charge is -2.00. The lowest BCUT2D eigenvalue weighted by molar-refractivity contribution is 0.185. The first-order valence-corrected chi connectivity index (χ1v) is 4.24. The van der Waals surface area contributed by atoms with Crippen LogP contribution in [0.5, 0.6) is 0 Å². The summed E-state index contributed by atoms with van der Waals surface area (Å²) in [7, 11) is 1.59. The molecule has 0 aliphatic carbocycles. The molecule has 0 aliphatic rings. The van der Waals surface area contributed by atoms with Gasteiger partial charge >= 0.3 is 0 Å². The molecule has 0 aliphatic heterocycles. The van der Waals surface area contributed by atoms with Crippen molar-refractivity contribution in [1.82, 2.24) is 0 Å². The van der Waals surface area contributed by atoms with Crippen molar-refractivity contribution in [2.24, 2.45) is 5.73 Å². The second-order valence-electron chi connectivity index (χ2n) is 2.75. The molecule has 0 amide bonds. The molecule has 0 radical (unpaired) electrons. The Balaban J connectivity index is 2.96. The Bertz CT molecular complexity index is 365. The summed E-state index contributed by atoms with van der Waals surface area (Å²) >= 11 is 0. The molecule has 0 heterocycles. The monoisotopic (exact) mass is 193 g/mol. The fourth-order valence-electron chi connectivity index (χ4n) is 1.07. The normalized spacial score (nSPS) is 9.36. The Labute approximate surface area is 82.9 Å². The minimum Gasteiger partial charge on any atom is -0.380 e. The number of rotatable bonds is 2. The Hall–Kier alpha value is -1.37. The van der Waals surface area contributed by atoms with Gasteiger partial charge in [0.1, 0.15) is 5.82 Å². The van der Waals surface area contributed by atoms with E-state index in [0.717, 1.165) is 5.56 Å². The van der Waals surface area contributed by atoms with E-state index in [1.165, 1.54) is 6.07 Å². The van der Waals surface area contributed by atoms with Crippen molar-refractivity contribution < 1.29 is 9.13 Å². The van der Waals surface area contributed by atoms with E-state index < -0.39 is 0 Å². The first kappa shape index (κ1) is 10.7. The third-order valence-corrected chi connectivity index (χ3v) is 1.67. The van der Waals surface area contributed by atoms with Crippen LogP contribution in [0.15, 0.2) is 18.2 Å². The van der Waals surface area contributed by atoms with Crippen LogP contribution in [0.25, 0.3) is 0 Å². The SMILES string of the molecule is COCc1ccc(F)c(C#CCN)c1. The van der Waals surface area contributed by atoms with E-state index in [4.69, 9.17) is 10.5 Å². The molecule has 0 aromatic heterocycles. The van der Waals surface area contributed by atoms with E-state index in [9.17, 15) is 4.39 Å². The van der Waals surface area contributed by atoms with Crippen LogP contribution >= 0.6 is 0 Å². The van der Waals surface area contributed by atoms with E-state index in [0.29, 0.717) is 12.2 Å². The molecule has 1 rings (SSSR count). The Morgan fingerprint density at radius 3 is 2.93 bits per heavy atom. The maximum atomic E-state index is 13.1. The van der Waals surface area contributed by atoms with Crippen molar-refractivity contribution in [2.75, 3.05) is 13.7 Å². The molecule has 2 N–H and O–H groups in total. The molecule has 74 valence electrons. The minimum atomic E-state index is -0.328. The Morgan fingerprint density at radius 1 is 1.50 bits per heavy atom. The second kappa shape index (κ2) is 5.38. The van der Waals surface area contributed by atoms with E-state index in [-0.39, 0.29) is 12.4 Å². The summed E-state index contributed by atoms with van der Waals surface area (Å²) in [5.41, 5.74) is 6.47. The molecule has 1 aromatic rings. The lowest BCUT2D eigenvalue weighted by Crippen LogP contribution is -1.95. The molecule has 3 heteroatoms. The smallest absolute Gasteiger partial charge is 0.138 e. The third kappa shape index (κ3) is 2.84. The number of ether oxygens (including phenoxy) is 1. The van der Waals surface area contributed by atoms with Gasteiger partial charge in [0.25, 0.3) is 0 Å². The summed E-state index contributed by atoms with van der Waals surface area (Å²) in [6.07, 6.45) is 0. The van der Waals surface area contributed by atoms with Gasteiger partial charge in [-0.1, -0.05) is 17.9 Å². The number of halogens is 1. The highest BCUT2D eigenvalue weighted by Gasteiger charge is 2.00. The zero-order valence-corrected chi connectivity index (χ0v) is 8.01. The molecule has 0 atom stereocenters. The fourth-order valence-corrected chi connectivity index (χ4v) is 1.07. The van der Waals surface area contributed by atoms with Crippen LogP contribution in [-0.2, 0) is 11.3 Å². The third-order valence-electron chi connectivity index (χ3n) is 1.67. The summed E-state index contributed by atoms with van der Waals surface area (Å²) in [6.45, 7) is 0.686. The van der Waals surface area contributed by atoms with Gasteiger partial charge in [0, 0.05) is 7.11 Å². The van der Waals surface area contributed by atoms with E-state index in [2.05, 4.69) is 11.8 Å². The van der Waals surface area contributed by atoms with E-state index in [1.54, 1.807) is 19.2 Å². The summed E-state index contributed by atoms with van der Waals surface area (Å²) in [4.78, 5) is 0. The second-order valence-corrected chi connectivity index (χ2v) is 2.75. The van der Waals surface area contributed by atoms with Gasteiger partial charge in [-0.2, -0.15) is 0 Å². The highest BCUT2D eigenvalue weighted by atomic mass is 19.1. The van der Waals surface area contributed by atoms with Crippen LogP contribution in [0.1, 0.15) is 11.1 Å². The first-order chi connectivity index (χ1) is 6.77. The van der Waals surface area contributed by atoms with E-state index >= 15 is 0 Å². The lowest BCUT2D eigenvalue weighted by atomic mass is 10.1. The minimum absolute atomic E-state index is 0.230. The molecule has 1 aromatic carbocycles. The summed E-state index contributed by atoms with van der Waals surface area (Å²) < 4.78 is 18.1. The quantitative estimate of drug-likeness (QED) is 0.718. The molecule has 14 heavy (non-hydrogen) atoms. The Kier molecular flexibility index (Phi) is 4.11. The van der Waals surface area contributed by atoms with Crippen LogP contribution in [0, 0.1) is 17.7 Å². The number of nitrogens with two attached hydrogens (primary N) is 1. The summed E-state index contributed by atoms with van der Waals surface area (Å²) in [6, 6.07) is 4.73.